The normalized spacial score (nSPS) is 10.6. The summed E-state index contributed by atoms with van der Waals surface area (Å²) in [6.07, 6.45) is -2.50. The Labute approximate surface area is 84.7 Å². The summed E-state index contributed by atoms with van der Waals surface area (Å²) in [6, 6.07) is 0. The van der Waals surface area contributed by atoms with Crippen LogP contribution in [0.2, 0.25) is 0 Å². The molecule has 0 atom stereocenters. The number of halogens is 4. The quantitative estimate of drug-likeness (QED) is 0.898. The summed E-state index contributed by atoms with van der Waals surface area (Å²) in [5.74, 6) is -2.78. The Balaban J connectivity index is 3.41. The van der Waals surface area contributed by atoms with E-state index in [2.05, 4.69) is 20.9 Å². The highest BCUT2D eigenvalue weighted by Crippen LogP contribution is 2.29. The van der Waals surface area contributed by atoms with Crippen molar-refractivity contribution in [2.24, 2.45) is 0 Å². The molecule has 76 valence electrons. The Morgan fingerprint density at radius 1 is 1.57 bits per heavy atom. The minimum absolute atomic E-state index is 0.454. The smallest absolute Gasteiger partial charge is 0.339 e. The van der Waals surface area contributed by atoms with Gasteiger partial charge in [0.15, 0.2) is 5.82 Å². The predicted octanol–water partition coefficient (Wildman–Crippen LogP) is 2.62. The summed E-state index contributed by atoms with van der Waals surface area (Å²) in [6.45, 7) is 0. The van der Waals surface area contributed by atoms with E-state index in [0.717, 1.165) is 0 Å². The highest BCUT2D eigenvalue weighted by atomic mass is 79.9. The lowest BCUT2D eigenvalue weighted by Gasteiger charge is -2.05. The molecular formula is C7H3BrF3NO2. The third-order valence-corrected chi connectivity index (χ3v) is 2.22. The van der Waals surface area contributed by atoms with Gasteiger partial charge in [0.25, 0.3) is 6.43 Å². The third kappa shape index (κ3) is 1.87. The summed E-state index contributed by atoms with van der Waals surface area (Å²) < 4.78 is 36.7. The van der Waals surface area contributed by atoms with Gasteiger partial charge in [0.2, 0.25) is 0 Å². The van der Waals surface area contributed by atoms with Crippen molar-refractivity contribution in [2.45, 2.75) is 6.43 Å². The zero-order valence-electron chi connectivity index (χ0n) is 6.47. The Morgan fingerprint density at radius 3 is 2.57 bits per heavy atom. The fourth-order valence-electron chi connectivity index (χ4n) is 0.829. The number of carbonyl (C=O) groups is 1. The molecule has 0 saturated carbocycles. The van der Waals surface area contributed by atoms with E-state index in [1.165, 1.54) is 0 Å². The number of carboxylic acids is 1. The number of aromatic carboxylic acids is 1. The summed E-state index contributed by atoms with van der Waals surface area (Å²) in [7, 11) is 0. The van der Waals surface area contributed by atoms with Crippen LogP contribution < -0.4 is 0 Å². The fourth-order valence-corrected chi connectivity index (χ4v) is 1.46. The van der Waals surface area contributed by atoms with Crippen LogP contribution in [0.5, 0.6) is 0 Å². The first-order chi connectivity index (χ1) is 6.45. The van der Waals surface area contributed by atoms with Gasteiger partial charge in [0.1, 0.15) is 11.3 Å². The molecule has 0 aliphatic rings. The molecule has 1 heterocycles. The van der Waals surface area contributed by atoms with Gasteiger partial charge in [-0.15, -0.1) is 0 Å². The second kappa shape index (κ2) is 3.95. The Bertz CT molecular complexity index is 383. The highest BCUT2D eigenvalue weighted by molar-refractivity contribution is 9.10. The van der Waals surface area contributed by atoms with Crippen molar-refractivity contribution in [2.75, 3.05) is 0 Å². The van der Waals surface area contributed by atoms with Gasteiger partial charge in [-0.3, -0.25) is 4.98 Å². The second-order valence-electron chi connectivity index (χ2n) is 2.29. The van der Waals surface area contributed by atoms with E-state index in [4.69, 9.17) is 5.11 Å². The summed E-state index contributed by atoms with van der Waals surface area (Å²) in [4.78, 5) is 13.6. The van der Waals surface area contributed by atoms with E-state index in [-0.39, 0.29) is 0 Å². The molecule has 14 heavy (non-hydrogen) atoms. The van der Waals surface area contributed by atoms with Crippen LogP contribution in [-0.2, 0) is 0 Å². The van der Waals surface area contributed by atoms with E-state index in [0.29, 0.717) is 6.20 Å². The number of rotatable bonds is 2. The zero-order valence-corrected chi connectivity index (χ0v) is 8.06. The lowest BCUT2D eigenvalue weighted by Crippen LogP contribution is -2.06. The van der Waals surface area contributed by atoms with Gasteiger partial charge in [-0.25, -0.2) is 18.0 Å². The largest absolute Gasteiger partial charge is 0.478 e. The first-order valence-corrected chi connectivity index (χ1v) is 4.09. The Morgan fingerprint density at radius 2 is 2.14 bits per heavy atom. The topological polar surface area (TPSA) is 50.2 Å². The van der Waals surface area contributed by atoms with Gasteiger partial charge in [-0.2, -0.15) is 0 Å². The van der Waals surface area contributed by atoms with Crippen LogP contribution in [0.4, 0.5) is 13.2 Å². The van der Waals surface area contributed by atoms with E-state index in [9.17, 15) is 18.0 Å². The van der Waals surface area contributed by atoms with Crippen molar-refractivity contribution in [3.05, 3.63) is 27.7 Å². The van der Waals surface area contributed by atoms with Crippen LogP contribution in [0.25, 0.3) is 0 Å². The van der Waals surface area contributed by atoms with E-state index >= 15 is 0 Å². The molecule has 1 aromatic rings. The average Bonchev–Trinajstić information content (AvgIpc) is 2.02. The molecule has 1 aromatic heterocycles. The van der Waals surface area contributed by atoms with Crippen molar-refractivity contribution in [3.63, 3.8) is 0 Å². The van der Waals surface area contributed by atoms with Crippen LogP contribution >= 0.6 is 15.9 Å². The molecule has 3 nitrogen and oxygen atoms in total. The zero-order chi connectivity index (χ0) is 10.9. The lowest BCUT2D eigenvalue weighted by atomic mass is 10.2. The van der Waals surface area contributed by atoms with Gasteiger partial charge >= 0.3 is 5.97 Å². The molecule has 0 aliphatic heterocycles. The molecule has 0 radical (unpaired) electrons. The number of pyridine rings is 1. The summed E-state index contributed by atoms with van der Waals surface area (Å²) >= 11 is 2.57. The summed E-state index contributed by atoms with van der Waals surface area (Å²) in [5.41, 5.74) is -1.63. The van der Waals surface area contributed by atoms with Crippen LogP contribution in [0.1, 0.15) is 22.5 Å². The Hall–Kier alpha value is -1.11. The van der Waals surface area contributed by atoms with Crippen molar-refractivity contribution in [3.8, 4) is 0 Å². The molecule has 0 spiro atoms. The van der Waals surface area contributed by atoms with E-state index in [1.54, 1.807) is 0 Å². The molecule has 0 aromatic carbocycles. The maximum absolute atomic E-state index is 12.8. The molecule has 0 unspecified atom stereocenters. The lowest BCUT2D eigenvalue weighted by molar-refractivity contribution is 0.0689. The van der Waals surface area contributed by atoms with Crippen molar-refractivity contribution < 1.29 is 23.1 Å². The molecule has 0 bridgehead atoms. The molecule has 0 saturated heterocycles. The van der Waals surface area contributed by atoms with Crippen LogP contribution in [0.3, 0.4) is 0 Å². The first kappa shape index (κ1) is 11.0. The standard InChI is InChI=1S/C7H3BrF3NO2/c8-4-3(7(13)14)2(9)1-12-5(4)6(10)11/h1,6H,(H,13,14). The minimum Gasteiger partial charge on any atom is -0.478 e. The van der Waals surface area contributed by atoms with Crippen molar-refractivity contribution in [1.29, 1.82) is 0 Å². The number of aromatic nitrogens is 1. The van der Waals surface area contributed by atoms with Gasteiger partial charge < -0.3 is 5.11 Å². The average molecular weight is 270 g/mol. The molecule has 1 N–H and O–H groups in total. The number of hydrogen-bond donors (Lipinski definition) is 1. The molecular weight excluding hydrogens is 267 g/mol. The van der Waals surface area contributed by atoms with E-state index < -0.39 is 33.9 Å². The van der Waals surface area contributed by atoms with Crippen LogP contribution in [0.15, 0.2) is 10.7 Å². The van der Waals surface area contributed by atoms with E-state index in [1.807, 2.05) is 0 Å². The minimum atomic E-state index is -2.96. The Kier molecular flexibility index (Phi) is 3.10. The van der Waals surface area contributed by atoms with Crippen molar-refractivity contribution in [1.82, 2.24) is 4.98 Å². The second-order valence-corrected chi connectivity index (χ2v) is 3.08. The van der Waals surface area contributed by atoms with Crippen LogP contribution in [0, 0.1) is 5.82 Å². The highest BCUT2D eigenvalue weighted by Gasteiger charge is 2.23. The maximum Gasteiger partial charge on any atom is 0.339 e. The first-order valence-electron chi connectivity index (χ1n) is 3.30. The van der Waals surface area contributed by atoms with Gasteiger partial charge in [0, 0.05) is 0 Å². The maximum atomic E-state index is 12.8. The monoisotopic (exact) mass is 269 g/mol. The number of hydrogen-bond acceptors (Lipinski definition) is 2. The molecule has 0 amide bonds. The third-order valence-electron chi connectivity index (χ3n) is 1.42. The molecule has 0 fully saturated rings. The SMILES string of the molecule is O=C(O)c1c(F)cnc(C(F)F)c1Br. The van der Waals surface area contributed by atoms with Gasteiger partial charge in [-0.1, -0.05) is 0 Å². The molecule has 0 aliphatic carbocycles. The van der Waals surface area contributed by atoms with Crippen molar-refractivity contribution >= 4 is 21.9 Å². The fraction of sp³-hybridized carbons (Fsp3) is 0.143. The molecule has 1 rings (SSSR count). The van der Waals surface area contributed by atoms with Gasteiger partial charge in [0.05, 0.1) is 10.7 Å². The van der Waals surface area contributed by atoms with Crippen LogP contribution in [-0.4, -0.2) is 16.1 Å². The molecule has 7 heteroatoms. The number of alkyl halides is 2. The number of nitrogens with zero attached hydrogens (tertiary/aromatic N) is 1. The number of carboxylic acid groups (broad SMARTS) is 1. The summed E-state index contributed by atoms with van der Waals surface area (Å²) in [5, 5.41) is 8.51. The van der Waals surface area contributed by atoms with Gasteiger partial charge in [-0.05, 0) is 15.9 Å². The predicted molar refractivity (Wildman–Crippen MR) is 43.8 cm³/mol.